The van der Waals surface area contributed by atoms with Crippen molar-refractivity contribution in [1.82, 2.24) is 14.1 Å². The average Bonchev–Trinajstić information content (AvgIpc) is 2.67. The quantitative estimate of drug-likeness (QED) is 0.863. The Kier molecular flexibility index (Phi) is 4.35. The molecule has 0 saturated carbocycles. The highest BCUT2D eigenvalue weighted by atomic mass is 32.2. The van der Waals surface area contributed by atoms with Gasteiger partial charge in [0.1, 0.15) is 4.90 Å². The van der Waals surface area contributed by atoms with Gasteiger partial charge in [0.2, 0.25) is 10.0 Å². The van der Waals surface area contributed by atoms with Gasteiger partial charge in [0.25, 0.3) is 0 Å². The third-order valence-electron chi connectivity index (χ3n) is 3.50. The van der Waals surface area contributed by atoms with Gasteiger partial charge < -0.3 is 0 Å². The van der Waals surface area contributed by atoms with Crippen LogP contribution >= 0.6 is 0 Å². The normalized spacial score (nSPS) is 12.1. The second kappa shape index (κ2) is 5.77. The van der Waals surface area contributed by atoms with Crippen molar-refractivity contribution in [2.75, 3.05) is 7.05 Å². The number of halogens is 2. The maximum atomic E-state index is 13.2. The Hall–Kier alpha value is -1.80. The molecule has 120 valence electrons. The van der Waals surface area contributed by atoms with Crippen LogP contribution in [0, 0.1) is 25.5 Å². The van der Waals surface area contributed by atoms with Crippen molar-refractivity contribution in [3.63, 3.8) is 0 Å². The molecule has 8 heteroatoms. The number of rotatable bonds is 4. The average molecular weight is 329 g/mol. The van der Waals surface area contributed by atoms with Crippen molar-refractivity contribution in [2.24, 2.45) is 7.05 Å². The minimum absolute atomic E-state index is 0.0622. The van der Waals surface area contributed by atoms with Crippen LogP contribution in [0.5, 0.6) is 0 Å². The van der Waals surface area contributed by atoms with E-state index in [0.29, 0.717) is 17.0 Å². The van der Waals surface area contributed by atoms with Gasteiger partial charge in [0, 0.05) is 20.6 Å². The van der Waals surface area contributed by atoms with Gasteiger partial charge in [-0.2, -0.15) is 9.40 Å². The zero-order chi connectivity index (χ0) is 16.7. The molecule has 1 heterocycles. The van der Waals surface area contributed by atoms with Crippen LogP contribution in [0.1, 0.15) is 17.0 Å². The Balaban J connectivity index is 2.35. The summed E-state index contributed by atoms with van der Waals surface area (Å²) in [6, 6.07) is 3.32. The molecule has 0 spiro atoms. The molecular weight excluding hydrogens is 312 g/mol. The number of benzene rings is 1. The summed E-state index contributed by atoms with van der Waals surface area (Å²) in [5.41, 5.74) is 1.29. The summed E-state index contributed by atoms with van der Waals surface area (Å²) in [6.07, 6.45) is 0. The van der Waals surface area contributed by atoms with Crippen LogP contribution in [0.3, 0.4) is 0 Å². The lowest BCUT2D eigenvalue weighted by atomic mass is 10.2. The molecule has 0 bridgehead atoms. The predicted octanol–water partition coefficient (Wildman–Crippen LogP) is 2.14. The lowest BCUT2D eigenvalue weighted by Crippen LogP contribution is -2.27. The van der Waals surface area contributed by atoms with Crippen LogP contribution in [0.15, 0.2) is 23.1 Å². The highest BCUT2D eigenvalue weighted by Gasteiger charge is 2.28. The third kappa shape index (κ3) is 2.89. The van der Waals surface area contributed by atoms with Gasteiger partial charge >= 0.3 is 0 Å². The highest BCUT2D eigenvalue weighted by molar-refractivity contribution is 7.89. The molecule has 0 aliphatic rings. The second-order valence-electron chi connectivity index (χ2n) is 5.13. The van der Waals surface area contributed by atoms with E-state index in [0.717, 1.165) is 16.4 Å². The van der Waals surface area contributed by atoms with Crippen molar-refractivity contribution >= 4 is 10.0 Å². The minimum atomic E-state index is -3.77. The van der Waals surface area contributed by atoms with Crippen molar-refractivity contribution in [3.05, 3.63) is 46.8 Å². The monoisotopic (exact) mass is 329 g/mol. The molecule has 0 N–H and O–H groups in total. The van der Waals surface area contributed by atoms with E-state index in [1.165, 1.54) is 17.8 Å². The lowest BCUT2D eigenvalue weighted by molar-refractivity contribution is 0.461. The van der Waals surface area contributed by atoms with E-state index >= 15 is 0 Å². The summed E-state index contributed by atoms with van der Waals surface area (Å²) in [4.78, 5) is 0.139. The van der Waals surface area contributed by atoms with Gasteiger partial charge in [0.15, 0.2) is 11.6 Å². The van der Waals surface area contributed by atoms with Crippen LogP contribution < -0.4 is 0 Å². The van der Waals surface area contributed by atoms with Gasteiger partial charge in [-0.1, -0.05) is 6.07 Å². The van der Waals surface area contributed by atoms with Crippen LogP contribution in [-0.2, 0) is 23.6 Å². The second-order valence-corrected chi connectivity index (χ2v) is 7.11. The molecule has 0 unspecified atom stereocenters. The standard InChI is InChI=1S/C14H17F2N3O2S/c1-9-14(10(2)19(4)17-9)22(20,21)18(3)8-11-5-6-12(15)13(16)7-11/h5-7H,8H2,1-4H3. The summed E-state index contributed by atoms with van der Waals surface area (Å²) in [5.74, 6) is -1.97. The van der Waals surface area contributed by atoms with Crippen molar-refractivity contribution in [1.29, 1.82) is 0 Å². The maximum absolute atomic E-state index is 13.2. The number of aryl methyl sites for hydroxylation is 2. The van der Waals surface area contributed by atoms with Gasteiger partial charge in [-0.15, -0.1) is 0 Å². The zero-order valence-corrected chi connectivity index (χ0v) is 13.6. The number of aromatic nitrogens is 2. The predicted molar refractivity (Wildman–Crippen MR) is 77.7 cm³/mol. The molecule has 2 aromatic rings. The van der Waals surface area contributed by atoms with Crippen molar-refractivity contribution < 1.29 is 17.2 Å². The lowest BCUT2D eigenvalue weighted by Gasteiger charge is -2.17. The fourth-order valence-corrected chi connectivity index (χ4v) is 3.81. The van der Waals surface area contributed by atoms with Gasteiger partial charge in [-0.25, -0.2) is 17.2 Å². The smallest absolute Gasteiger partial charge is 0.246 e. The SMILES string of the molecule is Cc1nn(C)c(C)c1S(=O)(=O)N(C)Cc1ccc(F)c(F)c1. The topological polar surface area (TPSA) is 55.2 Å². The Morgan fingerprint density at radius 3 is 2.36 bits per heavy atom. The summed E-state index contributed by atoms with van der Waals surface area (Å²) >= 11 is 0. The van der Waals surface area contributed by atoms with E-state index in [-0.39, 0.29) is 11.4 Å². The molecule has 0 radical (unpaired) electrons. The van der Waals surface area contributed by atoms with Gasteiger partial charge in [-0.3, -0.25) is 4.68 Å². The highest BCUT2D eigenvalue weighted by Crippen LogP contribution is 2.23. The molecular formula is C14H17F2N3O2S. The molecule has 5 nitrogen and oxygen atoms in total. The van der Waals surface area contributed by atoms with Crippen LogP contribution in [0.25, 0.3) is 0 Å². The van der Waals surface area contributed by atoms with E-state index in [4.69, 9.17) is 0 Å². The molecule has 0 atom stereocenters. The first-order chi connectivity index (χ1) is 10.1. The molecule has 2 rings (SSSR count). The Morgan fingerprint density at radius 2 is 1.86 bits per heavy atom. The summed E-state index contributed by atoms with van der Waals surface area (Å²) in [6.45, 7) is 3.22. The number of hydrogen-bond donors (Lipinski definition) is 0. The first kappa shape index (κ1) is 16.6. The first-order valence-electron chi connectivity index (χ1n) is 6.55. The summed E-state index contributed by atoms with van der Waals surface area (Å²) in [7, 11) is -0.712. The van der Waals surface area contributed by atoms with E-state index in [9.17, 15) is 17.2 Å². The molecule has 0 fully saturated rings. The first-order valence-corrected chi connectivity index (χ1v) is 7.99. The zero-order valence-electron chi connectivity index (χ0n) is 12.8. The molecule has 22 heavy (non-hydrogen) atoms. The van der Waals surface area contributed by atoms with Gasteiger partial charge in [-0.05, 0) is 31.5 Å². The molecule has 0 aliphatic heterocycles. The number of nitrogens with zero attached hydrogens (tertiary/aromatic N) is 3. The Bertz CT molecular complexity index is 816. The molecule has 1 aromatic carbocycles. The van der Waals surface area contributed by atoms with Crippen LogP contribution in [0.2, 0.25) is 0 Å². The molecule has 1 aromatic heterocycles. The van der Waals surface area contributed by atoms with Crippen LogP contribution in [-0.4, -0.2) is 29.6 Å². The Labute approximate surface area is 128 Å². The fourth-order valence-electron chi connectivity index (χ4n) is 2.26. The maximum Gasteiger partial charge on any atom is 0.246 e. The third-order valence-corrected chi connectivity index (χ3v) is 5.56. The van der Waals surface area contributed by atoms with E-state index in [1.807, 2.05) is 0 Å². The fraction of sp³-hybridized carbons (Fsp3) is 0.357. The number of sulfonamides is 1. The van der Waals surface area contributed by atoms with E-state index < -0.39 is 21.7 Å². The van der Waals surface area contributed by atoms with Crippen molar-refractivity contribution in [3.8, 4) is 0 Å². The number of hydrogen-bond acceptors (Lipinski definition) is 3. The van der Waals surface area contributed by atoms with E-state index in [2.05, 4.69) is 5.10 Å². The molecule has 0 aliphatic carbocycles. The Morgan fingerprint density at radius 1 is 1.23 bits per heavy atom. The van der Waals surface area contributed by atoms with Crippen LogP contribution in [0.4, 0.5) is 8.78 Å². The minimum Gasteiger partial charge on any atom is -0.271 e. The molecule has 0 saturated heterocycles. The van der Waals surface area contributed by atoms with E-state index in [1.54, 1.807) is 20.9 Å². The largest absolute Gasteiger partial charge is 0.271 e. The summed E-state index contributed by atoms with van der Waals surface area (Å²) in [5, 5.41) is 4.09. The van der Waals surface area contributed by atoms with Crippen molar-refractivity contribution in [2.45, 2.75) is 25.3 Å². The van der Waals surface area contributed by atoms with Gasteiger partial charge in [0.05, 0.1) is 11.4 Å². The molecule has 0 amide bonds. The summed E-state index contributed by atoms with van der Waals surface area (Å²) < 4.78 is 54.0.